The van der Waals surface area contributed by atoms with Crippen LogP contribution in [-0.2, 0) is 10.0 Å². The number of sulfonamides is 1. The zero-order valence-electron chi connectivity index (χ0n) is 13.9. The van der Waals surface area contributed by atoms with Gasteiger partial charge in [-0.25, -0.2) is 17.2 Å². The van der Waals surface area contributed by atoms with Gasteiger partial charge in [-0.2, -0.15) is 0 Å². The molecule has 4 nitrogen and oxygen atoms in total. The summed E-state index contributed by atoms with van der Waals surface area (Å²) in [6, 6.07) is 9.68. The third-order valence-corrected chi connectivity index (χ3v) is 5.71. The van der Waals surface area contributed by atoms with Crippen LogP contribution in [-0.4, -0.2) is 33.0 Å². The third kappa shape index (κ3) is 3.99. The average molecular weight is 366 g/mol. The van der Waals surface area contributed by atoms with Gasteiger partial charge in [-0.3, -0.25) is 4.72 Å². The van der Waals surface area contributed by atoms with E-state index in [4.69, 9.17) is 0 Å². The van der Waals surface area contributed by atoms with E-state index in [9.17, 15) is 17.2 Å². The summed E-state index contributed by atoms with van der Waals surface area (Å²) < 4.78 is 53.1. The monoisotopic (exact) mass is 366 g/mol. The van der Waals surface area contributed by atoms with E-state index in [0.29, 0.717) is 17.7 Å². The molecule has 2 aromatic carbocycles. The van der Waals surface area contributed by atoms with E-state index in [1.165, 1.54) is 5.56 Å². The quantitative estimate of drug-likeness (QED) is 0.850. The minimum absolute atomic E-state index is 0.315. The summed E-state index contributed by atoms with van der Waals surface area (Å²) in [7, 11) is -3.96. The SMILES string of the molecule is CCCN1CC(c2ccc(NS(=O)(=O)c3ccc(F)c(F)c3)cc2)C1. The molecule has 0 bridgehead atoms. The number of nitrogens with zero attached hydrogens (tertiary/aromatic N) is 1. The van der Waals surface area contributed by atoms with Crippen molar-refractivity contribution in [3.05, 3.63) is 59.7 Å². The molecule has 7 heteroatoms. The second-order valence-electron chi connectivity index (χ2n) is 6.26. The number of hydrogen-bond acceptors (Lipinski definition) is 3. The lowest BCUT2D eigenvalue weighted by atomic mass is 9.91. The van der Waals surface area contributed by atoms with Crippen molar-refractivity contribution < 1.29 is 17.2 Å². The molecule has 2 aromatic rings. The van der Waals surface area contributed by atoms with Crippen LogP contribution >= 0.6 is 0 Å². The molecular weight excluding hydrogens is 346 g/mol. The number of likely N-dealkylation sites (tertiary alicyclic amines) is 1. The molecule has 0 unspecified atom stereocenters. The predicted molar refractivity (Wildman–Crippen MR) is 93.1 cm³/mol. The van der Waals surface area contributed by atoms with E-state index in [2.05, 4.69) is 16.5 Å². The third-order valence-electron chi connectivity index (χ3n) is 4.33. The minimum Gasteiger partial charge on any atom is -0.302 e. The molecule has 1 heterocycles. The maximum absolute atomic E-state index is 13.3. The summed E-state index contributed by atoms with van der Waals surface area (Å²) in [6.07, 6.45) is 1.14. The first kappa shape index (κ1) is 17.8. The van der Waals surface area contributed by atoms with Gasteiger partial charge in [0, 0.05) is 24.7 Å². The van der Waals surface area contributed by atoms with Gasteiger partial charge < -0.3 is 4.90 Å². The second-order valence-corrected chi connectivity index (χ2v) is 7.94. The fourth-order valence-electron chi connectivity index (χ4n) is 2.96. The highest BCUT2D eigenvalue weighted by atomic mass is 32.2. The Bertz CT molecular complexity index is 848. The molecule has 1 N–H and O–H groups in total. The van der Waals surface area contributed by atoms with Gasteiger partial charge in [0.05, 0.1) is 4.90 Å². The van der Waals surface area contributed by atoms with Crippen molar-refractivity contribution in [2.75, 3.05) is 24.4 Å². The molecule has 0 atom stereocenters. The number of hydrogen-bond donors (Lipinski definition) is 1. The Morgan fingerprint density at radius 3 is 2.36 bits per heavy atom. The highest BCUT2D eigenvalue weighted by Crippen LogP contribution is 2.28. The summed E-state index contributed by atoms with van der Waals surface area (Å²) in [4.78, 5) is 2.06. The first-order chi connectivity index (χ1) is 11.9. The van der Waals surface area contributed by atoms with Crippen LogP contribution in [0.4, 0.5) is 14.5 Å². The van der Waals surface area contributed by atoms with Crippen molar-refractivity contribution in [3.8, 4) is 0 Å². The summed E-state index contributed by atoms with van der Waals surface area (Å²) in [6.45, 7) is 5.30. The van der Waals surface area contributed by atoms with Crippen LogP contribution in [0.25, 0.3) is 0 Å². The Morgan fingerprint density at radius 2 is 1.76 bits per heavy atom. The molecular formula is C18H20F2N2O2S. The van der Waals surface area contributed by atoms with Gasteiger partial charge in [0.25, 0.3) is 10.0 Å². The van der Waals surface area contributed by atoms with Crippen LogP contribution in [0.15, 0.2) is 47.4 Å². The predicted octanol–water partition coefficient (Wildman–Crippen LogP) is 3.57. The molecule has 0 amide bonds. The van der Waals surface area contributed by atoms with Crippen molar-refractivity contribution >= 4 is 15.7 Å². The molecule has 3 rings (SSSR count). The van der Waals surface area contributed by atoms with E-state index >= 15 is 0 Å². The smallest absolute Gasteiger partial charge is 0.261 e. The zero-order valence-corrected chi connectivity index (χ0v) is 14.7. The van der Waals surface area contributed by atoms with Crippen LogP contribution in [0.2, 0.25) is 0 Å². The van der Waals surface area contributed by atoms with Gasteiger partial charge in [0.1, 0.15) is 0 Å². The van der Waals surface area contributed by atoms with Gasteiger partial charge in [0.2, 0.25) is 0 Å². The first-order valence-electron chi connectivity index (χ1n) is 8.19. The lowest BCUT2D eigenvalue weighted by molar-refractivity contribution is 0.149. The van der Waals surface area contributed by atoms with Gasteiger partial charge in [-0.05, 0) is 48.9 Å². The fraction of sp³-hybridized carbons (Fsp3) is 0.333. The lowest BCUT2D eigenvalue weighted by Gasteiger charge is -2.39. The van der Waals surface area contributed by atoms with Crippen molar-refractivity contribution in [2.24, 2.45) is 0 Å². The van der Waals surface area contributed by atoms with Crippen LogP contribution in [0.3, 0.4) is 0 Å². The van der Waals surface area contributed by atoms with Crippen molar-refractivity contribution in [2.45, 2.75) is 24.2 Å². The van der Waals surface area contributed by atoms with Gasteiger partial charge in [0.15, 0.2) is 11.6 Å². The van der Waals surface area contributed by atoms with E-state index in [1.807, 2.05) is 12.1 Å². The highest BCUT2D eigenvalue weighted by Gasteiger charge is 2.27. The number of nitrogens with one attached hydrogen (secondary N) is 1. The second kappa shape index (κ2) is 7.09. The summed E-state index contributed by atoms with van der Waals surface area (Å²) in [5.74, 6) is -1.80. The van der Waals surface area contributed by atoms with Gasteiger partial charge in [-0.15, -0.1) is 0 Å². The largest absolute Gasteiger partial charge is 0.302 e. The van der Waals surface area contributed by atoms with Crippen LogP contribution in [0.1, 0.15) is 24.8 Å². The molecule has 0 aromatic heterocycles. The maximum Gasteiger partial charge on any atom is 0.261 e. The van der Waals surface area contributed by atoms with Gasteiger partial charge in [-0.1, -0.05) is 19.1 Å². The van der Waals surface area contributed by atoms with E-state index < -0.39 is 21.7 Å². The summed E-state index contributed by atoms with van der Waals surface area (Å²) in [5.41, 5.74) is 1.56. The number of rotatable bonds is 6. The van der Waals surface area contributed by atoms with Gasteiger partial charge >= 0.3 is 0 Å². The topological polar surface area (TPSA) is 49.4 Å². The summed E-state index contributed by atoms with van der Waals surface area (Å²) in [5, 5.41) is 0. The average Bonchev–Trinajstić information content (AvgIpc) is 2.54. The molecule has 0 spiro atoms. The molecule has 25 heavy (non-hydrogen) atoms. The van der Waals surface area contributed by atoms with Crippen molar-refractivity contribution in [1.82, 2.24) is 4.90 Å². The number of anilines is 1. The molecule has 134 valence electrons. The fourth-order valence-corrected chi connectivity index (χ4v) is 4.03. The molecule has 0 saturated carbocycles. The standard InChI is InChI=1S/C18H20F2N2O2S/c1-2-9-22-11-14(12-22)13-3-5-15(6-4-13)21-25(23,24)16-7-8-17(19)18(20)10-16/h3-8,10,14,21H,2,9,11-12H2,1H3. The van der Waals surface area contributed by atoms with E-state index in [-0.39, 0.29) is 4.90 Å². The lowest BCUT2D eigenvalue weighted by Crippen LogP contribution is -2.45. The Kier molecular flexibility index (Phi) is 5.06. The molecule has 1 fully saturated rings. The Balaban J connectivity index is 1.67. The molecule has 1 saturated heterocycles. The van der Waals surface area contributed by atoms with Crippen molar-refractivity contribution in [3.63, 3.8) is 0 Å². The molecule has 1 aliphatic rings. The Morgan fingerprint density at radius 1 is 1.08 bits per heavy atom. The summed E-state index contributed by atoms with van der Waals surface area (Å²) >= 11 is 0. The Labute approximate surface area is 146 Å². The van der Waals surface area contributed by atoms with E-state index in [1.54, 1.807) is 12.1 Å². The van der Waals surface area contributed by atoms with Crippen molar-refractivity contribution in [1.29, 1.82) is 0 Å². The van der Waals surface area contributed by atoms with Crippen LogP contribution in [0, 0.1) is 11.6 Å². The first-order valence-corrected chi connectivity index (χ1v) is 9.67. The molecule has 0 aliphatic carbocycles. The zero-order chi connectivity index (χ0) is 18.0. The number of halogens is 2. The van der Waals surface area contributed by atoms with Crippen LogP contribution in [0.5, 0.6) is 0 Å². The van der Waals surface area contributed by atoms with E-state index in [0.717, 1.165) is 38.2 Å². The maximum atomic E-state index is 13.3. The normalized spacial score (nSPS) is 15.8. The Hall–Kier alpha value is -1.99. The molecule has 1 aliphatic heterocycles. The van der Waals surface area contributed by atoms with Crippen LogP contribution < -0.4 is 4.72 Å². The molecule has 0 radical (unpaired) electrons. The minimum atomic E-state index is -3.96. The number of benzene rings is 2. The highest BCUT2D eigenvalue weighted by molar-refractivity contribution is 7.92.